The van der Waals surface area contributed by atoms with E-state index < -0.39 is 10.0 Å². The Morgan fingerprint density at radius 3 is 2.36 bits per heavy atom. The van der Waals surface area contributed by atoms with Gasteiger partial charge in [0, 0.05) is 43.6 Å². The van der Waals surface area contributed by atoms with Crippen LogP contribution in [0.25, 0.3) is 0 Å². The molecule has 6 nitrogen and oxygen atoms in total. The third kappa shape index (κ3) is 3.48. The van der Waals surface area contributed by atoms with Crippen molar-refractivity contribution in [2.45, 2.75) is 38.1 Å². The van der Waals surface area contributed by atoms with Gasteiger partial charge >= 0.3 is 0 Å². The molecule has 0 saturated carbocycles. The number of benzene rings is 1. The molecule has 1 N–H and O–H groups in total. The van der Waals surface area contributed by atoms with Crippen LogP contribution in [0.1, 0.15) is 29.8 Å². The Morgan fingerprint density at radius 2 is 1.84 bits per heavy atom. The number of nitrogens with one attached hydrogen (secondary N) is 1. The second-order valence-electron chi connectivity index (χ2n) is 6.42. The summed E-state index contributed by atoms with van der Waals surface area (Å²) in [6.45, 7) is 4.90. The summed E-state index contributed by atoms with van der Waals surface area (Å²) in [6.07, 6.45) is 1.40. The standard InChI is InChI=1S/C18H23N3O3S/c1-13-11-15(14(2)20(13)3)12-19-25(23,24)17-8-6-16(7-9-17)21-10-4-5-18(21)22/h6-9,11,19H,4-5,10,12H2,1-3H3. The van der Waals surface area contributed by atoms with Crippen LogP contribution in [-0.2, 0) is 28.4 Å². The van der Waals surface area contributed by atoms with Crippen LogP contribution in [0.4, 0.5) is 5.69 Å². The number of sulfonamides is 1. The Hall–Kier alpha value is -2.12. The fourth-order valence-corrected chi connectivity index (χ4v) is 4.10. The lowest BCUT2D eigenvalue weighted by molar-refractivity contribution is -0.117. The lowest BCUT2D eigenvalue weighted by Gasteiger charge is -2.16. The van der Waals surface area contributed by atoms with Gasteiger partial charge in [-0.3, -0.25) is 4.79 Å². The maximum absolute atomic E-state index is 12.5. The third-order valence-corrected chi connectivity index (χ3v) is 6.28. The van der Waals surface area contributed by atoms with E-state index in [-0.39, 0.29) is 17.3 Å². The van der Waals surface area contributed by atoms with Gasteiger partial charge in [0.25, 0.3) is 0 Å². The molecule has 1 saturated heterocycles. The second kappa shape index (κ2) is 6.65. The zero-order valence-electron chi connectivity index (χ0n) is 14.7. The average Bonchev–Trinajstić information content (AvgIpc) is 3.12. The van der Waals surface area contributed by atoms with Crippen LogP contribution >= 0.6 is 0 Å². The lowest BCUT2D eigenvalue weighted by Crippen LogP contribution is -2.25. The summed E-state index contributed by atoms with van der Waals surface area (Å²) >= 11 is 0. The SMILES string of the molecule is Cc1cc(CNS(=O)(=O)c2ccc(N3CCCC3=O)cc2)c(C)n1C. The molecule has 134 valence electrons. The number of rotatable bonds is 5. The van der Waals surface area contributed by atoms with Gasteiger partial charge in [-0.05, 0) is 56.2 Å². The number of carbonyl (C=O) groups is 1. The van der Waals surface area contributed by atoms with Crippen molar-refractivity contribution in [3.63, 3.8) is 0 Å². The molecule has 0 unspecified atom stereocenters. The molecule has 0 bridgehead atoms. The van der Waals surface area contributed by atoms with Crippen molar-refractivity contribution >= 4 is 21.6 Å². The van der Waals surface area contributed by atoms with E-state index in [9.17, 15) is 13.2 Å². The monoisotopic (exact) mass is 361 g/mol. The minimum absolute atomic E-state index is 0.0867. The summed E-state index contributed by atoms with van der Waals surface area (Å²) in [7, 11) is -1.64. The van der Waals surface area contributed by atoms with E-state index in [1.54, 1.807) is 29.2 Å². The first-order chi connectivity index (χ1) is 11.8. The third-order valence-electron chi connectivity index (χ3n) is 4.86. The number of hydrogen-bond donors (Lipinski definition) is 1. The van der Waals surface area contributed by atoms with E-state index in [0.29, 0.717) is 13.0 Å². The Balaban J connectivity index is 1.73. The van der Waals surface area contributed by atoms with Crippen LogP contribution in [-0.4, -0.2) is 25.4 Å². The minimum atomic E-state index is -3.60. The van der Waals surface area contributed by atoms with Crippen LogP contribution < -0.4 is 9.62 Å². The molecule has 1 fully saturated rings. The highest BCUT2D eigenvalue weighted by Gasteiger charge is 2.22. The smallest absolute Gasteiger partial charge is 0.240 e. The highest BCUT2D eigenvalue weighted by Crippen LogP contribution is 2.23. The van der Waals surface area contributed by atoms with Crippen molar-refractivity contribution in [1.29, 1.82) is 0 Å². The average molecular weight is 361 g/mol. The van der Waals surface area contributed by atoms with Crippen LogP contribution in [0.5, 0.6) is 0 Å². The van der Waals surface area contributed by atoms with Gasteiger partial charge in [-0.1, -0.05) is 0 Å². The maximum atomic E-state index is 12.5. The van der Waals surface area contributed by atoms with Gasteiger partial charge in [0.05, 0.1) is 4.90 Å². The molecule has 2 heterocycles. The lowest BCUT2D eigenvalue weighted by atomic mass is 10.2. The molecule has 0 aliphatic carbocycles. The first kappa shape index (κ1) is 17.7. The van der Waals surface area contributed by atoms with Crippen molar-refractivity contribution < 1.29 is 13.2 Å². The number of anilines is 1. The summed E-state index contributed by atoms with van der Waals surface area (Å²) in [5.41, 5.74) is 3.84. The topological polar surface area (TPSA) is 71.4 Å². The number of amides is 1. The molecule has 1 aromatic carbocycles. The quantitative estimate of drug-likeness (QED) is 0.888. The first-order valence-corrected chi connectivity index (χ1v) is 9.80. The first-order valence-electron chi connectivity index (χ1n) is 8.31. The normalized spacial score (nSPS) is 15.2. The highest BCUT2D eigenvalue weighted by molar-refractivity contribution is 7.89. The van der Waals surface area contributed by atoms with Crippen molar-refractivity contribution in [1.82, 2.24) is 9.29 Å². The van der Waals surface area contributed by atoms with Gasteiger partial charge in [0.15, 0.2) is 0 Å². The van der Waals surface area contributed by atoms with Crippen molar-refractivity contribution in [2.75, 3.05) is 11.4 Å². The van der Waals surface area contributed by atoms with Gasteiger partial charge in [-0.2, -0.15) is 0 Å². The predicted octanol–water partition coefficient (Wildman–Crippen LogP) is 2.25. The molecular weight excluding hydrogens is 338 g/mol. The summed E-state index contributed by atoms with van der Waals surface area (Å²) in [5, 5.41) is 0. The molecule has 2 aromatic rings. The van der Waals surface area contributed by atoms with E-state index in [1.165, 1.54) is 0 Å². The van der Waals surface area contributed by atoms with E-state index in [1.807, 2.05) is 31.5 Å². The summed E-state index contributed by atoms with van der Waals surface area (Å²) < 4.78 is 29.7. The largest absolute Gasteiger partial charge is 0.352 e. The maximum Gasteiger partial charge on any atom is 0.240 e. The molecule has 0 spiro atoms. The summed E-state index contributed by atoms with van der Waals surface area (Å²) in [6, 6.07) is 8.46. The number of aryl methyl sites for hydroxylation is 1. The van der Waals surface area contributed by atoms with E-state index in [4.69, 9.17) is 0 Å². The molecule has 1 aliphatic rings. The number of hydrogen-bond acceptors (Lipinski definition) is 3. The van der Waals surface area contributed by atoms with E-state index >= 15 is 0 Å². The Labute approximate surface area is 148 Å². The molecule has 0 atom stereocenters. The summed E-state index contributed by atoms with van der Waals surface area (Å²) in [5.74, 6) is 0.0867. The fourth-order valence-electron chi connectivity index (χ4n) is 3.09. The van der Waals surface area contributed by atoms with Gasteiger partial charge in [-0.25, -0.2) is 13.1 Å². The molecule has 1 amide bonds. The Kier molecular flexibility index (Phi) is 4.71. The molecule has 3 rings (SSSR count). The van der Waals surface area contributed by atoms with Crippen molar-refractivity contribution in [3.8, 4) is 0 Å². The second-order valence-corrected chi connectivity index (χ2v) is 8.19. The number of aromatic nitrogens is 1. The van der Waals surface area contributed by atoms with Crippen LogP contribution in [0.15, 0.2) is 35.2 Å². The molecule has 25 heavy (non-hydrogen) atoms. The predicted molar refractivity (Wildman–Crippen MR) is 96.9 cm³/mol. The highest BCUT2D eigenvalue weighted by atomic mass is 32.2. The summed E-state index contributed by atoms with van der Waals surface area (Å²) in [4.78, 5) is 13.7. The van der Waals surface area contributed by atoms with Crippen molar-refractivity contribution in [3.05, 3.63) is 47.3 Å². The van der Waals surface area contributed by atoms with Crippen LogP contribution in [0.2, 0.25) is 0 Å². The Bertz CT molecular complexity index is 898. The zero-order valence-corrected chi connectivity index (χ0v) is 15.6. The Morgan fingerprint density at radius 1 is 1.16 bits per heavy atom. The fraction of sp³-hybridized carbons (Fsp3) is 0.389. The molecule has 7 heteroatoms. The van der Waals surface area contributed by atoms with Crippen LogP contribution in [0.3, 0.4) is 0 Å². The number of nitrogens with zero attached hydrogens (tertiary/aromatic N) is 2. The van der Waals surface area contributed by atoms with E-state index in [2.05, 4.69) is 4.72 Å². The van der Waals surface area contributed by atoms with Gasteiger partial charge in [0.1, 0.15) is 0 Å². The van der Waals surface area contributed by atoms with E-state index in [0.717, 1.165) is 29.1 Å². The molecule has 1 aliphatic heterocycles. The minimum Gasteiger partial charge on any atom is -0.352 e. The van der Waals surface area contributed by atoms with Gasteiger partial charge in [-0.15, -0.1) is 0 Å². The molecule has 0 radical (unpaired) electrons. The molecular formula is C18H23N3O3S. The van der Waals surface area contributed by atoms with Gasteiger partial charge in [0.2, 0.25) is 15.9 Å². The van der Waals surface area contributed by atoms with Crippen LogP contribution in [0, 0.1) is 13.8 Å². The molecule has 1 aromatic heterocycles. The van der Waals surface area contributed by atoms with Crippen molar-refractivity contribution in [2.24, 2.45) is 7.05 Å². The number of carbonyl (C=O) groups excluding carboxylic acids is 1. The van der Waals surface area contributed by atoms with Gasteiger partial charge < -0.3 is 9.47 Å². The zero-order chi connectivity index (χ0) is 18.2.